The summed E-state index contributed by atoms with van der Waals surface area (Å²) >= 11 is 6.49. The first-order valence-corrected chi connectivity index (χ1v) is 21.3. The first-order chi connectivity index (χ1) is 24.5. The minimum Gasteiger partial charge on any atom is -0.490 e. The second kappa shape index (κ2) is 15.5. The van der Waals surface area contributed by atoms with Gasteiger partial charge in [-0.05, 0) is 117 Å². The molecule has 51 heavy (non-hydrogen) atoms. The number of ether oxygens (including phenoxy) is 2. The van der Waals surface area contributed by atoms with Crippen LogP contribution in [0.25, 0.3) is 0 Å². The molecule has 280 valence electrons. The van der Waals surface area contributed by atoms with Crippen molar-refractivity contribution in [1.29, 1.82) is 0 Å². The summed E-state index contributed by atoms with van der Waals surface area (Å²) in [7, 11) is -2.10. The number of hydrogen-bond acceptors (Lipinski definition) is 8. The van der Waals surface area contributed by atoms with E-state index in [4.69, 9.17) is 21.1 Å². The quantitative estimate of drug-likeness (QED) is 0.400. The third kappa shape index (κ3) is 7.96. The van der Waals surface area contributed by atoms with Gasteiger partial charge < -0.3 is 19.3 Å². The lowest BCUT2D eigenvalue weighted by Gasteiger charge is -2.48. The number of rotatable bonds is 5. The van der Waals surface area contributed by atoms with Crippen molar-refractivity contribution in [2.24, 2.45) is 23.7 Å². The molecule has 7 rings (SSSR count). The molecule has 1 saturated heterocycles. The number of anilines is 1. The summed E-state index contributed by atoms with van der Waals surface area (Å²) in [4.78, 5) is 21.3. The zero-order valence-electron chi connectivity index (χ0n) is 30.7. The number of fused-ring (bicyclic) bond motifs is 4. The standard InChI is InChI=1S/C40H57ClN4O5S/c1-28-6-4-7-32(24-44-18-16-43(17-19-44)20-21-49-3)35-12-9-33(35)25-45-26-40(15-5-8-30-22-34(41)11-13-36(30)40)27-50-38-14-10-31(23-37(38)45)39(46)42-51(47,48)29(28)2/h10-11,13-14,22-23,28-29,32-33,35H,4-9,12,15-21,24-27H2,1-3H3,(H,42,46)/t28-,29+,32+,33-,35+,40-/m0/s1. The Morgan fingerprint density at radius 3 is 2.57 bits per heavy atom. The number of hydrogen-bond donors (Lipinski definition) is 1. The molecule has 5 aliphatic rings. The molecule has 2 bridgehead atoms. The van der Waals surface area contributed by atoms with Crippen molar-refractivity contribution in [2.75, 3.05) is 77.6 Å². The number of halogens is 1. The minimum atomic E-state index is -3.87. The van der Waals surface area contributed by atoms with Crippen molar-refractivity contribution in [2.45, 2.75) is 75.9 Å². The van der Waals surface area contributed by atoms with Crippen LogP contribution in [0.3, 0.4) is 0 Å². The maximum atomic E-state index is 13.6. The lowest BCUT2D eigenvalue weighted by atomic mass is 9.65. The molecule has 0 unspecified atom stereocenters. The Hall–Kier alpha value is -2.37. The van der Waals surface area contributed by atoms with Crippen LogP contribution in [0.1, 0.15) is 80.3 Å². The van der Waals surface area contributed by atoms with E-state index >= 15 is 0 Å². The third-order valence-corrected chi connectivity index (χ3v) is 15.3. The van der Waals surface area contributed by atoms with Crippen LogP contribution in [0.15, 0.2) is 36.4 Å². The molecule has 1 amide bonds. The van der Waals surface area contributed by atoms with E-state index < -0.39 is 21.2 Å². The first kappa shape index (κ1) is 37.0. The van der Waals surface area contributed by atoms with Gasteiger partial charge >= 0.3 is 0 Å². The number of benzene rings is 2. The Morgan fingerprint density at radius 2 is 1.80 bits per heavy atom. The number of sulfonamides is 1. The van der Waals surface area contributed by atoms with Gasteiger partial charge in [0.25, 0.3) is 5.91 Å². The molecule has 0 radical (unpaired) electrons. The Balaban J connectivity index is 1.21. The minimum absolute atomic E-state index is 0.0641. The van der Waals surface area contributed by atoms with Crippen LogP contribution in [0.4, 0.5) is 5.69 Å². The normalized spacial score (nSPS) is 31.8. The van der Waals surface area contributed by atoms with Crippen LogP contribution in [0.2, 0.25) is 5.02 Å². The van der Waals surface area contributed by atoms with Gasteiger partial charge in [0.1, 0.15) is 5.75 Å². The van der Waals surface area contributed by atoms with Crippen molar-refractivity contribution >= 4 is 33.2 Å². The number of nitrogens with zero attached hydrogens (tertiary/aromatic N) is 3. The van der Waals surface area contributed by atoms with Crippen LogP contribution >= 0.6 is 11.6 Å². The van der Waals surface area contributed by atoms with E-state index in [1.807, 2.05) is 25.1 Å². The van der Waals surface area contributed by atoms with E-state index in [1.165, 1.54) is 24.0 Å². The molecule has 3 heterocycles. The summed E-state index contributed by atoms with van der Waals surface area (Å²) in [6, 6.07) is 11.8. The molecule has 3 aliphatic heterocycles. The predicted molar refractivity (Wildman–Crippen MR) is 204 cm³/mol. The van der Waals surface area contributed by atoms with Gasteiger partial charge in [-0.1, -0.05) is 31.0 Å². The maximum absolute atomic E-state index is 13.6. The van der Waals surface area contributed by atoms with Gasteiger partial charge in [-0.15, -0.1) is 0 Å². The van der Waals surface area contributed by atoms with Crippen molar-refractivity contribution in [1.82, 2.24) is 14.5 Å². The molecule has 2 aromatic rings. The molecule has 1 N–H and O–H groups in total. The molecule has 2 fully saturated rings. The molecule has 11 heteroatoms. The topological polar surface area (TPSA) is 91.4 Å². The van der Waals surface area contributed by atoms with E-state index in [1.54, 1.807) is 20.1 Å². The monoisotopic (exact) mass is 740 g/mol. The number of aryl methyl sites for hydroxylation is 1. The van der Waals surface area contributed by atoms with E-state index in [-0.39, 0.29) is 11.3 Å². The molecule has 1 spiro atoms. The van der Waals surface area contributed by atoms with Gasteiger partial charge in [0.15, 0.2) is 0 Å². The summed E-state index contributed by atoms with van der Waals surface area (Å²) in [5.41, 5.74) is 3.64. The number of amides is 1. The Labute approximate surface area is 310 Å². The molecule has 2 aliphatic carbocycles. The highest BCUT2D eigenvalue weighted by molar-refractivity contribution is 7.90. The van der Waals surface area contributed by atoms with Gasteiger partial charge in [-0.2, -0.15) is 0 Å². The molecule has 9 nitrogen and oxygen atoms in total. The molecular weight excluding hydrogens is 684 g/mol. The second-order valence-electron chi connectivity index (χ2n) is 16.3. The fraction of sp³-hybridized carbons (Fsp3) is 0.675. The zero-order chi connectivity index (χ0) is 35.8. The van der Waals surface area contributed by atoms with Gasteiger partial charge in [-0.25, -0.2) is 13.1 Å². The van der Waals surface area contributed by atoms with Crippen LogP contribution in [0.5, 0.6) is 5.75 Å². The highest BCUT2D eigenvalue weighted by Crippen LogP contribution is 2.48. The zero-order valence-corrected chi connectivity index (χ0v) is 32.3. The number of piperazine rings is 1. The lowest BCUT2D eigenvalue weighted by molar-refractivity contribution is 0.0441. The number of methoxy groups -OCH3 is 1. The molecular formula is C40H57ClN4O5S. The SMILES string of the molecule is COCCN1CCN(C[C@H]2CCC[C@H](C)[C@@H](C)S(=O)(=O)NC(=O)c3ccc4c(c3)N(C[C@@H]3CC[C@H]23)C[C@@]2(CCCc3cc(Cl)ccc32)CO4)CC1. The van der Waals surface area contributed by atoms with Gasteiger partial charge in [0.2, 0.25) is 10.0 Å². The third-order valence-electron chi connectivity index (χ3n) is 13.2. The van der Waals surface area contributed by atoms with Crippen LogP contribution < -0.4 is 14.4 Å². The number of carbonyl (C=O) groups excluding carboxylic acids is 1. The Bertz CT molecular complexity index is 1670. The number of nitrogens with one attached hydrogen (secondary N) is 1. The highest BCUT2D eigenvalue weighted by atomic mass is 35.5. The van der Waals surface area contributed by atoms with Gasteiger partial charge in [-0.3, -0.25) is 9.69 Å². The molecule has 6 atom stereocenters. The van der Waals surface area contributed by atoms with Crippen molar-refractivity contribution < 1.29 is 22.7 Å². The second-order valence-corrected chi connectivity index (χ2v) is 18.7. The first-order valence-electron chi connectivity index (χ1n) is 19.4. The summed E-state index contributed by atoms with van der Waals surface area (Å²) in [6.45, 7) is 13.1. The van der Waals surface area contributed by atoms with Crippen molar-refractivity contribution in [3.05, 3.63) is 58.1 Å². The van der Waals surface area contributed by atoms with Crippen molar-refractivity contribution in [3.8, 4) is 5.75 Å². The average molecular weight is 741 g/mol. The maximum Gasteiger partial charge on any atom is 0.264 e. The van der Waals surface area contributed by atoms with Crippen LogP contribution in [0, 0.1) is 23.7 Å². The largest absolute Gasteiger partial charge is 0.490 e. The molecule has 0 aromatic heterocycles. The van der Waals surface area contributed by atoms with Gasteiger partial charge in [0.05, 0.1) is 24.2 Å². The van der Waals surface area contributed by atoms with Gasteiger partial charge in [0, 0.05) is 75.5 Å². The Morgan fingerprint density at radius 1 is 1.00 bits per heavy atom. The summed E-state index contributed by atoms with van der Waals surface area (Å²) in [5.74, 6) is 1.82. The fourth-order valence-electron chi connectivity index (χ4n) is 9.69. The Kier molecular flexibility index (Phi) is 11.3. The van der Waals surface area contributed by atoms with Crippen LogP contribution in [-0.4, -0.2) is 102 Å². The lowest BCUT2D eigenvalue weighted by Crippen LogP contribution is -2.51. The average Bonchev–Trinajstić information content (AvgIpc) is 3.25. The van der Waals surface area contributed by atoms with Crippen LogP contribution in [-0.2, 0) is 26.6 Å². The van der Waals surface area contributed by atoms with E-state index in [9.17, 15) is 13.2 Å². The molecule has 1 saturated carbocycles. The smallest absolute Gasteiger partial charge is 0.264 e. The summed E-state index contributed by atoms with van der Waals surface area (Å²) < 4.78 is 41.5. The fourth-order valence-corrected chi connectivity index (χ4v) is 11.2. The summed E-state index contributed by atoms with van der Waals surface area (Å²) in [5, 5.41) is 0.0903. The number of carbonyl (C=O) groups is 1. The van der Waals surface area contributed by atoms with E-state index in [2.05, 4.69) is 31.6 Å². The summed E-state index contributed by atoms with van der Waals surface area (Å²) in [6.07, 6.45) is 8.42. The highest BCUT2D eigenvalue weighted by Gasteiger charge is 2.45. The predicted octanol–water partition coefficient (Wildman–Crippen LogP) is 5.99. The van der Waals surface area contributed by atoms with E-state index in [0.717, 1.165) is 114 Å². The molecule has 2 aromatic carbocycles. The van der Waals surface area contributed by atoms with Crippen molar-refractivity contribution in [3.63, 3.8) is 0 Å². The van der Waals surface area contributed by atoms with E-state index in [0.29, 0.717) is 29.9 Å².